The molecule has 0 unspecified atom stereocenters. The molecule has 0 aliphatic heterocycles. The van der Waals surface area contributed by atoms with E-state index < -0.39 is 90.2 Å². The van der Waals surface area contributed by atoms with Gasteiger partial charge < -0.3 is 54.0 Å². The Morgan fingerprint density at radius 1 is 0.652 bits per heavy atom. The third kappa shape index (κ3) is 16.5. The van der Waals surface area contributed by atoms with Crippen LogP contribution in [-0.4, -0.2) is 101 Å². The summed E-state index contributed by atoms with van der Waals surface area (Å²) in [6, 6.07) is -7.56. The number of aliphatic carboxylic acids is 1. The Labute approximate surface area is 269 Å². The summed E-state index contributed by atoms with van der Waals surface area (Å²) in [5.74, 6) is -6.24. The molecule has 0 spiro atoms. The van der Waals surface area contributed by atoms with E-state index in [2.05, 4.69) is 26.6 Å². The maximum absolute atomic E-state index is 13.5. The van der Waals surface area contributed by atoms with E-state index in [9.17, 15) is 43.8 Å². The number of nitrogens with two attached hydrogens (primary N) is 3. The lowest BCUT2D eigenvalue weighted by atomic mass is 10.00. The molecule has 0 aliphatic carbocycles. The van der Waals surface area contributed by atoms with E-state index in [1.807, 2.05) is 13.8 Å². The van der Waals surface area contributed by atoms with Crippen LogP contribution in [0.3, 0.4) is 0 Å². The first-order valence-electron chi connectivity index (χ1n) is 15.5. The van der Waals surface area contributed by atoms with Gasteiger partial charge in [0.1, 0.15) is 30.2 Å². The standard InChI is InChI=1S/C29H54N8O9/c1-14(2)11-20(26(42)33-16(5)29(45)46)35-25(41)19(9-7-8-10-30)34-27(43)21(12-15(3)4)36-28(44)23(17(6)38)37-24(40)18(31)13-22(32)39/h14-21,23,38H,7-13,30-31H2,1-6H3,(H2,32,39)(H,33,42)(H,34,43)(H,35,41)(H,36,44)(H,37,40)(H,45,46)/t16-,17+,18-,19-,20-,21-,23-/m0/s1. The Bertz CT molecular complexity index is 1050. The zero-order valence-corrected chi connectivity index (χ0v) is 27.6. The van der Waals surface area contributed by atoms with Crippen molar-refractivity contribution in [2.75, 3.05) is 6.54 Å². The molecule has 6 amide bonds. The van der Waals surface area contributed by atoms with E-state index in [0.717, 1.165) is 0 Å². The largest absolute Gasteiger partial charge is 0.480 e. The summed E-state index contributed by atoms with van der Waals surface area (Å²) in [5, 5.41) is 31.8. The first-order chi connectivity index (χ1) is 21.3. The van der Waals surface area contributed by atoms with Crippen LogP contribution in [0, 0.1) is 11.8 Å². The number of hydrogen-bond acceptors (Lipinski definition) is 10. The number of carbonyl (C=O) groups excluding carboxylic acids is 6. The summed E-state index contributed by atoms with van der Waals surface area (Å²) in [6.07, 6.45) is -0.500. The van der Waals surface area contributed by atoms with E-state index >= 15 is 0 Å². The number of hydrogen-bond donors (Lipinski definition) is 10. The van der Waals surface area contributed by atoms with Crippen LogP contribution in [0.2, 0.25) is 0 Å². The van der Waals surface area contributed by atoms with E-state index in [-0.39, 0.29) is 31.1 Å². The minimum absolute atomic E-state index is 0.0557. The number of carboxylic acids is 1. The van der Waals surface area contributed by atoms with Crippen LogP contribution < -0.4 is 43.8 Å². The van der Waals surface area contributed by atoms with Crippen molar-refractivity contribution in [2.24, 2.45) is 29.0 Å². The molecule has 46 heavy (non-hydrogen) atoms. The third-order valence-corrected chi connectivity index (χ3v) is 6.81. The highest BCUT2D eigenvalue weighted by Gasteiger charge is 2.34. The third-order valence-electron chi connectivity index (χ3n) is 6.81. The van der Waals surface area contributed by atoms with Crippen molar-refractivity contribution in [3.05, 3.63) is 0 Å². The van der Waals surface area contributed by atoms with Crippen molar-refractivity contribution < 1.29 is 43.8 Å². The molecule has 0 aromatic carbocycles. The highest BCUT2D eigenvalue weighted by atomic mass is 16.4. The first-order valence-corrected chi connectivity index (χ1v) is 15.5. The van der Waals surface area contributed by atoms with Gasteiger partial charge in [0, 0.05) is 0 Å². The van der Waals surface area contributed by atoms with Gasteiger partial charge >= 0.3 is 5.97 Å². The van der Waals surface area contributed by atoms with Crippen LogP contribution in [0.15, 0.2) is 0 Å². The second kappa shape index (κ2) is 21.1. The number of carboxylic acid groups (broad SMARTS) is 1. The van der Waals surface area contributed by atoms with Gasteiger partial charge in [-0.05, 0) is 64.3 Å². The number of amides is 6. The molecule has 264 valence electrons. The fourth-order valence-electron chi connectivity index (χ4n) is 4.32. The van der Waals surface area contributed by atoms with E-state index in [0.29, 0.717) is 19.4 Å². The van der Waals surface area contributed by atoms with Crippen LogP contribution in [0.1, 0.15) is 80.1 Å². The molecule has 7 atom stereocenters. The molecule has 0 radical (unpaired) electrons. The number of aliphatic hydroxyl groups excluding tert-OH is 1. The van der Waals surface area contributed by atoms with Gasteiger partial charge in [0.05, 0.1) is 18.6 Å². The molecule has 0 saturated heterocycles. The lowest BCUT2D eigenvalue weighted by Crippen LogP contribution is -2.61. The van der Waals surface area contributed by atoms with Crippen molar-refractivity contribution in [1.82, 2.24) is 26.6 Å². The summed E-state index contributed by atoms with van der Waals surface area (Å²) in [4.78, 5) is 87.8. The normalized spacial score (nSPS) is 15.8. The second-order valence-electron chi connectivity index (χ2n) is 12.3. The summed E-state index contributed by atoms with van der Waals surface area (Å²) < 4.78 is 0. The smallest absolute Gasteiger partial charge is 0.325 e. The van der Waals surface area contributed by atoms with E-state index in [1.54, 1.807) is 13.8 Å². The lowest BCUT2D eigenvalue weighted by molar-refractivity contribution is -0.142. The van der Waals surface area contributed by atoms with Gasteiger partial charge in [0.2, 0.25) is 35.4 Å². The maximum atomic E-state index is 13.5. The quantitative estimate of drug-likeness (QED) is 0.0535. The second-order valence-corrected chi connectivity index (χ2v) is 12.3. The molecule has 0 fully saturated rings. The van der Waals surface area contributed by atoms with Crippen molar-refractivity contribution in [3.8, 4) is 0 Å². The predicted molar refractivity (Wildman–Crippen MR) is 168 cm³/mol. The molecule has 0 saturated carbocycles. The van der Waals surface area contributed by atoms with Gasteiger partial charge in [-0.2, -0.15) is 0 Å². The molecule has 0 heterocycles. The van der Waals surface area contributed by atoms with Gasteiger partial charge in [0.25, 0.3) is 0 Å². The molecule has 0 aromatic heterocycles. The number of nitrogens with one attached hydrogen (secondary N) is 5. The first kappa shape index (κ1) is 42.2. The molecular formula is C29H54N8O9. The average Bonchev–Trinajstić information content (AvgIpc) is 2.93. The van der Waals surface area contributed by atoms with Crippen molar-refractivity contribution in [3.63, 3.8) is 0 Å². The molecule has 17 nitrogen and oxygen atoms in total. The highest BCUT2D eigenvalue weighted by molar-refractivity contribution is 5.96. The number of carbonyl (C=O) groups is 7. The molecule has 0 bridgehead atoms. The molecule has 13 N–H and O–H groups in total. The fraction of sp³-hybridized carbons (Fsp3) is 0.759. The Kier molecular flexibility index (Phi) is 19.3. The topological polar surface area (TPSA) is 298 Å². The van der Waals surface area contributed by atoms with Crippen LogP contribution in [0.4, 0.5) is 0 Å². The molecule has 0 aromatic rings. The summed E-state index contributed by atoms with van der Waals surface area (Å²) in [5.41, 5.74) is 16.3. The summed E-state index contributed by atoms with van der Waals surface area (Å²) >= 11 is 0. The van der Waals surface area contributed by atoms with Crippen LogP contribution in [-0.2, 0) is 33.6 Å². The van der Waals surface area contributed by atoms with Crippen LogP contribution in [0.25, 0.3) is 0 Å². The molecule has 0 aliphatic rings. The Morgan fingerprint density at radius 2 is 1.11 bits per heavy atom. The SMILES string of the molecule is CC(C)C[C@H](NC(=O)[C@H](CCCCN)NC(=O)[C@H](CC(C)C)NC(=O)[C@@H](NC(=O)[C@@H](N)CC(N)=O)[C@@H](C)O)C(=O)N[C@@H](C)C(=O)O. The van der Waals surface area contributed by atoms with Crippen molar-refractivity contribution in [1.29, 1.82) is 0 Å². The molecule has 0 rings (SSSR count). The van der Waals surface area contributed by atoms with Crippen LogP contribution in [0.5, 0.6) is 0 Å². The Morgan fingerprint density at radius 3 is 1.54 bits per heavy atom. The lowest BCUT2D eigenvalue weighted by Gasteiger charge is -2.28. The van der Waals surface area contributed by atoms with E-state index in [4.69, 9.17) is 17.2 Å². The van der Waals surface area contributed by atoms with E-state index in [1.165, 1.54) is 13.8 Å². The Balaban J connectivity index is 6.03. The summed E-state index contributed by atoms with van der Waals surface area (Å²) in [6.45, 7) is 10.1. The zero-order chi connectivity index (χ0) is 35.7. The monoisotopic (exact) mass is 658 g/mol. The van der Waals surface area contributed by atoms with Gasteiger partial charge in [-0.25, -0.2) is 0 Å². The zero-order valence-electron chi connectivity index (χ0n) is 27.6. The maximum Gasteiger partial charge on any atom is 0.325 e. The number of primary amides is 1. The van der Waals surface area contributed by atoms with Gasteiger partial charge in [-0.15, -0.1) is 0 Å². The van der Waals surface area contributed by atoms with Crippen LogP contribution >= 0.6 is 0 Å². The Hall–Kier alpha value is -3.83. The number of rotatable bonds is 22. The fourth-order valence-corrected chi connectivity index (χ4v) is 4.32. The molecule has 17 heteroatoms. The average molecular weight is 659 g/mol. The van der Waals surface area contributed by atoms with Crippen molar-refractivity contribution >= 4 is 41.4 Å². The van der Waals surface area contributed by atoms with Gasteiger partial charge in [0.15, 0.2) is 0 Å². The highest BCUT2D eigenvalue weighted by Crippen LogP contribution is 2.11. The minimum atomic E-state index is -1.54. The molecular weight excluding hydrogens is 604 g/mol. The number of aliphatic hydroxyl groups is 1. The van der Waals surface area contributed by atoms with Crippen molar-refractivity contribution in [2.45, 2.75) is 122 Å². The van der Waals surface area contributed by atoms with Gasteiger partial charge in [-0.1, -0.05) is 27.7 Å². The summed E-state index contributed by atoms with van der Waals surface area (Å²) in [7, 11) is 0. The van der Waals surface area contributed by atoms with Gasteiger partial charge in [-0.3, -0.25) is 33.6 Å². The minimum Gasteiger partial charge on any atom is -0.480 e. The number of unbranched alkanes of at least 4 members (excludes halogenated alkanes) is 1. The predicted octanol–water partition coefficient (Wildman–Crippen LogP) is -2.68.